The minimum absolute atomic E-state index is 0.0215. The zero-order chi connectivity index (χ0) is 20.4. The van der Waals surface area contributed by atoms with Gasteiger partial charge in [-0.15, -0.1) is 0 Å². The molecule has 0 radical (unpaired) electrons. The Hall–Kier alpha value is -2.19. The number of nitrogens with zero attached hydrogens (tertiary/aromatic N) is 1. The standard InChI is InChI=1S/C22H28BN3O3/c24-14-15-3-1-5-18(13-15)16-8-11-26(12-9-16)22(27)21-20-17(7-10-25-21)4-2-6-19(20)23(28)29/h1-6,13,16,21,25,28-29H,7-12,14,24H2. The van der Waals surface area contributed by atoms with E-state index in [2.05, 4.69) is 23.5 Å². The summed E-state index contributed by atoms with van der Waals surface area (Å²) in [6.07, 6.45) is 2.62. The predicted molar refractivity (Wildman–Crippen MR) is 114 cm³/mol. The number of rotatable bonds is 4. The number of amides is 1. The lowest BCUT2D eigenvalue weighted by Crippen LogP contribution is -2.49. The van der Waals surface area contributed by atoms with Crippen molar-refractivity contribution in [1.29, 1.82) is 0 Å². The number of benzene rings is 2. The molecule has 0 aromatic heterocycles. The lowest BCUT2D eigenvalue weighted by atomic mass is 9.72. The Labute approximate surface area is 171 Å². The lowest BCUT2D eigenvalue weighted by Gasteiger charge is -2.37. The minimum atomic E-state index is -1.58. The van der Waals surface area contributed by atoms with Crippen molar-refractivity contribution in [3.05, 3.63) is 64.7 Å². The van der Waals surface area contributed by atoms with E-state index >= 15 is 0 Å². The summed E-state index contributed by atoms with van der Waals surface area (Å²) in [5.74, 6) is 0.459. The van der Waals surface area contributed by atoms with Crippen molar-refractivity contribution in [2.45, 2.75) is 37.8 Å². The van der Waals surface area contributed by atoms with Crippen molar-refractivity contribution in [2.75, 3.05) is 19.6 Å². The van der Waals surface area contributed by atoms with Crippen molar-refractivity contribution in [1.82, 2.24) is 10.2 Å². The summed E-state index contributed by atoms with van der Waals surface area (Å²) in [4.78, 5) is 15.2. The second-order valence-corrected chi connectivity index (χ2v) is 7.98. The van der Waals surface area contributed by atoms with E-state index in [9.17, 15) is 14.8 Å². The van der Waals surface area contributed by atoms with Crippen molar-refractivity contribution in [3.8, 4) is 0 Å². The monoisotopic (exact) mass is 393 g/mol. The molecule has 2 aliphatic rings. The highest BCUT2D eigenvalue weighted by Gasteiger charge is 2.35. The van der Waals surface area contributed by atoms with Crippen LogP contribution in [0.4, 0.5) is 0 Å². The zero-order valence-electron chi connectivity index (χ0n) is 16.6. The fraction of sp³-hybridized carbons (Fsp3) is 0.409. The summed E-state index contributed by atoms with van der Waals surface area (Å²) in [6, 6.07) is 13.4. The molecule has 29 heavy (non-hydrogen) atoms. The molecule has 1 fully saturated rings. The molecule has 0 aliphatic carbocycles. The van der Waals surface area contributed by atoms with Crippen LogP contribution in [0, 0.1) is 0 Å². The molecule has 4 rings (SSSR count). The van der Waals surface area contributed by atoms with E-state index in [-0.39, 0.29) is 5.91 Å². The van der Waals surface area contributed by atoms with E-state index in [0.717, 1.165) is 36.0 Å². The third-order valence-corrected chi connectivity index (χ3v) is 6.25. The summed E-state index contributed by atoms with van der Waals surface area (Å²) in [5.41, 5.74) is 10.4. The molecule has 6 nitrogen and oxygen atoms in total. The zero-order valence-corrected chi connectivity index (χ0v) is 16.6. The van der Waals surface area contributed by atoms with Crippen LogP contribution in [0.15, 0.2) is 42.5 Å². The van der Waals surface area contributed by atoms with Gasteiger partial charge in [0.15, 0.2) is 0 Å². The van der Waals surface area contributed by atoms with Gasteiger partial charge in [-0.1, -0.05) is 42.5 Å². The van der Waals surface area contributed by atoms with E-state index in [0.29, 0.717) is 37.6 Å². The number of piperidine rings is 1. The van der Waals surface area contributed by atoms with Crippen LogP contribution in [0.25, 0.3) is 0 Å². The first-order valence-corrected chi connectivity index (χ1v) is 10.4. The molecule has 2 aromatic carbocycles. The van der Waals surface area contributed by atoms with Gasteiger partial charge in [0.05, 0.1) is 0 Å². The average Bonchev–Trinajstić information content (AvgIpc) is 2.77. The normalized spacial score (nSPS) is 19.7. The highest BCUT2D eigenvalue weighted by molar-refractivity contribution is 6.59. The maximum absolute atomic E-state index is 13.3. The minimum Gasteiger partial charge on any atom is -0.423 e. The summed E-state index contributed by atoms with van der Waals surface area (Å²) in [7, 11) is -1.58. The number of carbonyl (C=O) groups excluding carboxylic acids is 1. The molecule has 0 bridgehead atoms. The highest BCUT2D eigenvalue weighted by atomic mass is 16.4. The number of likely N-dealkylation sites (tertiary alicyclic amines) is 1. The molecule has 1 amide bonds. The van der Waals surface area contributed by atoms with Gasteiger partial charge in [0.1, 0.15) is 6.04 Å². The van der Waals surface area contributed by atoms with Crippen LogP contribution in [0.1, 0.15) is 47.1 Å². The molecule has 1 unspecified atom stereocenters. The molecule has 2 aromatic rings. The van der Waals surface area contributed by atoms with Gasteiger partial charge in [0.25, 0.3) is 0 Å². The molecule has 0 saturated carbocycles. The number of nitrogens with two attached hydrogens (primary N) is 1. The first kappa shape index (κ1) is 20.1. The topological polar surface area (TPSA) is 98.8 Å². The van der Waals surface area contributed by atoms with Gasteiger partial charge in [-0.25, -0.2) is 0 Å². The number of nitrogens with one attached hydrogen (secondary N) is 1. The predicted octanol–water partition coefficient (Wildman–Crippen LogP) is 0.418. The quantitative estimate of drug-likeness (QED) is 0.565. The van der Waals surface area contributed by atoms with Crippen LogP contribution in [0.5, 0.6) is 0 Å². The van der Waals surface area contributed by atoms with E-state index < -0.39 is 13.2 Å². The van der Waals surface area contributed by atoms with Crippen molar-refractivity contribution in [2.24, 2.45) is 5.73 Å². The van der Waals surface area contributed by atoms with Gasteiger partial charge in [-0.2, -0.15) is 0 Å². The fourth-order valence-corrected chi connectivity index (χ4v) is 4.68. The lowest BCUT2D eigenvalue weighted by molar-refractivity contribution is -0.134. The van der Waals surface area contributed by atoms with Gasteiger partial charge in [-0.3, -0.25) is 4.79 Å². The van der Waals surface area contributed by atoms with Crippen LogP contribution in [-0.2, 0) is 17.8 Å². The Balaban J connectivity index is 1.49. The van der Waals surface area contributed by atoms with E-state index in [1.165, 1.54) is 5.56 Å². The molecule has 1 atom stereocenters. The van der Waals surface area contributed by atoms with Gasteiger partial charge in [0, 0.05) is 26.2 Å². The number of fused-ring (bicyclic) bond motifs is 1. The Morgan fingerprint density at radius 2 is 1.93 bits per heavy atom. The van der Waals surface area contributed by atoms with Crippen molar-refractivity contribution >= 4 is 18.5 Å². The van der Waals surface area contributed by atoms with Crippen LogP contribution in [0.2, 0.25) is 0 Å². The van der Waals surface area contributed by atoms with Gasteiger partial charge in [0.2, 0.25) is 5.91 Å². The first-order chi connectivity index (χ1) is 14.1. The number of hydrogen-bond acceptors (Lipinski definition) is 5. The van der Waals surface area contributed by atoms with E-state index in [4.69, 9.17) is 5.73 Å². The second kappa shape index (κ2) is 8.67. The third kappa shape index (κ3) is 4.09. The molecule has 5 N–H and O–H groups in total. The Kier molecular flexibility index (Phi) is 6.01. The summed E-state index contributed by atoms with van der Waals surface area (Å²) < 4.78 is 0. The molecular weight excluding hydrogens is 365 g/mol. The highest BCUT2D eigenvalue weighted by Crippen LogP contribution is 2.31. The fourth-order valence-electron chi connectivity index (χ4n) is 4.68. The second-order valence-electron chi connectivity index (χ2n) is 7.98. The smallest absolute Gasteiger partial charge is 0.423 e. The maximum Gasteiger partial charge on any atom is 0.488 e. The van der Waals surface area contributed by atoms with Gasteiger partial charge in [-0.05, 0) is 52.9 Å². The van der Waals surface area contributed by atoms with Gasteiger partial charge >= 0.3 is 7.12 Å². The summed E-state index contributed by atoms with van der Waals surface area (Å²) in [6.45, 7) is 2.65. The maximum atomic E-state index is 13.3. The van der Waals surface area contributed by atoms with Crippen molar-refractivity contribution in [3.63, 3.8) is 0 Å². The molecule has 1 saturated heterocycles. The first-order valence-electron chi connectivity index (χ1n) is 10.4. The average molecular weight is 393 g/mol. The molecule has 0 spiro atoms. The Morgan fingerprint density at radius 3 is 2.66 bits per heavy atom. The Bertz CT molecular complexity index is 881. The van der Waals surface area contributed by atoms with E-state index in [1.54, 1.807) is 6.07 Å². The molecule has 7 heteroatoms. The Morgan fingerprint density at radius 1 is 1.17 bits per heavy atom. The summed E-state index contributed by atoms with van der Waals surface area (Å²) in [5, 5.41) is 22.9. The van der Waals surface area contributed by atoms with Crippen molar-refractivity contribution < 1.29 is 14.8 Å². The molecule has 2 aliphatic heterocycles. The molecule has 2 heterocycles. The molecular formula is C22H28BN3O3. The van der Waals surface area contributed by atoms with Crippen LogP contribution >= 0.6 is 0 Å². The molecule has 152 valence electrons. The SMILES string of the molecule is NCc1cccc(C2CCN(C(=O)C3NCCc4cccc(B(O)O)c43)CC2)c1. The van der Waals surface area contributed by atoms with E-state index in [1.807, 2.05) is 23.1 Å². The third-order valence-electron chi connectivity index (χ3n) is 6.25. The van der Waals surface area contributed by atoms with Crippen LogP contribution in [-0.4, -0.2) is 47.6 Å². The number of carbonyl (C=O) groups is 1. The van der Waals surface area contributed by atoms with Gasteiger partial charge < -0.3 is 26.0 Å². The van der Waals surface area contributed by atoms with Crippen LogP contribution < -0.4 is 16.5 Å². The summed E-state index contributed by atoms with van der Waals surface area (Å²) >= 11 is 0. The largest absolute Gasteiger partial charge is 0.488 e. The van der Waals surface area contributed by atoms with Crippen LogP contribution in [0.3, 0.4) is 0 Å². The number of hydrogen-bond donors (Lipinski definition) is 4.